The van der Waals surface area contributed by atoms with E-state index in [1.807, 2.05) is 18.2 Å². The monoisotopic (exact) mass is 309 g/mol. The van der Waals surface area contributed by atoms with E-state index in [0.29, 0.717) is 5.69 Å². The van der Waals surface area contributed by atoms with Crippen molar-refractivity contribution in [2.24, 2.45) is 5.22 Å². The van der Waals surface area contributed by atoms with Crippen LogP contribution in [-0.2, 0) is 0 Å². The van der Waals surface area contributed by atoms with Gasteiger partial charge in [-0.25, -0.2) is 0 Å². The molecule has 4 nitrogen and oxygen atoms in total. The van der Waals surface area contributed by atoms with Crippen LogP contribution in [0, 0.1) is 11.1 Å². The number of hydrogen-bond donors (Lipinski definition) is 2. The Bertz CT molecular complexity index is 1280. The second kappa shape index (κ2) is 4.55. The first kappa shape index (κ1) is 13.1. The van der Waals surface area contributed by atoms with E-state index in [4.69, 9.17) is 11.1 Å². The second-order valence-corrected chi connectivity index (χ2v) is 5.98. The van der Waals surface area contributed by atoms with Crippen molar-refractivity contribution >= 4 is 48.8 Å². The number of nitrogens with zero attached hydrogens (tertiary/aromatic N) is 2. The molecule has 5 aromatic carbocycles. The van der Waals surface area contributed by atoms with E-state index >= 15 is 0 Å². The first-order chi connectivity index (χ1) is 11.8. The first-order valence-electron chi connectivity index (χ1n) is 7.76. The minimum Gasteiger partial charge on any atom is -0.110 e. The highest BCUT2D eigenvalue weighted by atomic mass is 15.5. The fraction of sp³-hybridized carbons (Fsp3) is 0. The van der Waals surface area contributed by atoms with Crippen molar-refractivity contribution in [3.05, 3.63) is 66.7 Å². The molecule has 0 aromatic heterocycles. The van der Waals surface area contributed by atoms with E-state index in [9.17, 15) is 0 Å². The summed E-state index contributed by atoms with van der Waals surface area (Å²) >= 11 is 0. The van der Waals surface area contributed by atoms with Crippen LogP contribution >= 0.6 is 0 Å². The van der Waals surface area contributed by atoms with Crippen LogP contribution in [0.3, 0.4) is 0 Å². The Morgan fingerprint density at radius 1 is 0.625 bits per heavy atom. The molecule has 0 aliphatic carbocycles. The standard InChI is InChI=1S/C20H13N4/c21-23-24(22)17-11-10-13-6-2-8-15-14-7-1-4-12-5-3-9-16(18(12)14)20(17)19(13)15/h1-11,21-22H/q+1. The summed E-state index contributed by atoms with van der Waals surface area (Å²) in [5.41, 5.74) is 15.9. The molecule has 0 spiro atoms. The highest BCUT2D eigenvalue weighted by Crippen LogP contribution is 2.43. The average Bonchev–Trinajstić information content (AvgIpc) is 2.64. The van der Waals surface area contributed by atoms with Gasteiger partial charge in [-0.15, -0.1) is 5.53 Å². The molecular weight excluding hydrogens is 296 g/mol. The zero-order valence-corrected chi connectivity index (χ0v) is 12.7. The van der Waals surface area contributed by atoms with Crippen molar-refractivity contribution < 1.29 is 4.81 Å². The van der Waals surface area contributed by atoms with Crippen LogP contribution in [-0.4, -0.2) is 4.81 Å². The molecule has 0 heterocycles. The Kier molecular flexibility index (Phi) is 2.48. The molecule has 0 aliphatic rings. The molecule has 5 aromatic rings. The van der Waals surface area contributed by atoms with Gasteiger partial charge in [-0.1, -0.05) is 54.6 Å². The molecule has 2 N–H and O–H groups in total. The van der Waals surface area contributed by atoms with E-state index < -0.39 is 0 Å². The number of hydrogen-bond acceptors (Lipinski definition) is 2. The molecule has 0 saturated heterocycles. The molecule has 0 atom stereocenters. The van der Waals surface area contributed by atoms with Crippen molar-refractivity contribution in [1.82, 2.24) is 0 Å². The predicted molar refractivity (Wildman–Crippen MR) is 95.4 cm³/mol. The molecule has 4 heteroatoms. The lowest BCUT2D eigenvalue weighted by Gasteiger charge is -2.14. The summed E-state index contributed by atoms with van der Waals surface area (Å²) in [6.07, 6.45) is 0. The number of rotatable bonds is 2. The SMILES string of the molecule is N=N[N+](=N)c1ccc2cccc3c4cccc5cccc(c1c23)c54. The van der Waals surface area contributed by atoms with E-state index in [1.165, 1.54) is 21.5 Å². The maximum atomic E-state index is 8.03. The van der Waals surface area contributed by atoms with Gasteiger partial charge in [-0.2, -0.15) is 0 Å². The molecule has 0 unspecified atom stereocenters. The molecule has 0 fully saturated rings. The minimum atomic E-state index is 0.631. The number of nitrogens with one attached hydrogen (secondary N) is 2. The van der Waals surface area contributed by atoms with Crippen molar-refractivity contribution in [2.45, 2.75) is 0 Å². The summed E-state index contributed by atoms with van der Waals surface area (Å²) in [4.78, 5) is 0.887. The number of fused-ring (bicyclic) bond motifs is 2. The Balaban J connectivity index is 2.23. The van der Waals surface area contributed by atoms with E-state index in [1.54, 1.807) is 0 Å². The Morgan fingerprint density at radius 2 is 1.21 bits per heavy atom. The maximum Gasteiger partial charge on any atom is 0.189 e. The lowest BCUT2D eigenvalue weighted by atomic mass is 9.89. The first-order valence-corrected chi connectivity index (χ1v) is 7.76. The quantitative estimate of drug-likeness (QED) is 0.125. The fourth-order valence-electron chi connectivity index (χ4n) is 3.87. The molecule has 0 saturated carbocycles. The molecule has 0 aliphatic heterocycles. The third-order valence-corrected chi connectivity index (χ3v) is 4.82. The third kappa shape index (κ3) is 1.52. The molecule has 24 heavy (non-hydrogen) atoms. The maximum absolute atomic E-state index is 8.03. The van der Waals surface area contributed by atoms with Gasteiger partial charge in [0.1, 0.15) is 0 Å². The Morgan fingerprint density at radius 3 is 1.88 bits per heavy atom. The molecule has 0 amide bonds. The van der Waals surface area contributed by atoms with Crippen LogP contribution in [0.4, 0.5) is 5.69 Å². The van der Waals surface area contributed by atoms with Crippen LogP contribution in [0.25, 0.3) is 43.1 Å². The van der Waals surface area contributed by atoms with Gasteiger partial charge >= 0.3 is 0 Å². The van der Waals surface area contributed by atoms with E-state index in [0.717, 1.165) is 26.4 Å². The summed E-state index contributed by atoms with van der Waals surface area (Å²) in [5, 5.41) is 12.4. The zero-order valence-electron chi connectivity index (χ0n) is 12.7. The molecule has 0 bridgehead atoms. The summed E-state index contributed by atoms with van der Waals surface area (Å²) in [6.45, 7) is 0. The summed E-state index contributed by atoms with van der Waals surface area (Å²) < 4.78 is 0. The highest BCUT2D eigenvalue weighted by Gasteiger charge is 2.18. The highest BCUT2D eigenvalue weighted by molar-refractivity contribution is 6.34. The smallest absolute Gasteiger partial charge is 0.110 e. The molecular formula is C20H13N4+. The summed E-state index contributed by atoms with van der Waals surface area (Å²) in [5.74, 6) is 0. The van der Waals surface area contributed by atoms with Crippen molar-refractivity contribution in [3.63, 3.8) is 0 Å². The van der Waals surface area contributed by atoms with Crippen LogP contribution in [0.1, 0.15) is 0 Å². The van der Waals surface area contributed by atoms with Gasteiger partial charge in [0.15, 0.2) is 10.9 Å². The Labute approximate surface area is 137 Å². The van der Waals surface area contributed by atoms with Gasteiger partial charge in [0.2, 0.25) is 0 Å². The largest absolute Gasteiger partial charge is 0.189 e. The van der Waals surface area contributed by atoms with E-state index in [2.05, 4.69) is 53.8 Å². The third-order valence-electron chi connectivity index (χ3n) is 4.82. The average molecular weight is 309 g/mol. The minimum absolute atomic E-state index is 0.631. The van der Waals surface area contributed by atoms with Crippen molar-refractivity contribution in [1.29, 1.82) is 11.1 Å². The Hall–Kier alpha value is -3.40. The van der Waals surface area contributed by atoms with Crippen molar-refractivity contribution in [2.75, 3.05) is 0 Å². The fourth-order valence-corrected chi connectivity index (χ4v) is 3.87. The summed E-state index contributed by atoms with van der Waals surface area (Å²) in [6, 6.07) is 22.8. The topological polar surface area (TPSA) is 63.1 Å². The van der Waals surface area contributed by atoms with Gasteiger partial charge < -0.3 is 0 Å². The lowest BCUT2D eigenvalue weighted by molar-refractivity contribution is -0.551. The summed E-state index contributed by atoms with van der Waals surface area (Å²) in [7, 11) is 0. The second-order valence-electron chi connectivity index (χ2n) is 5.98. The molecule has 112 valence electrons. The predicted octanol–water partition coefficient (Wildman–Crippen LogP) is 6.36. The van der Waals surface area contributed by atoms with Crippen LogP contribution in [0.15, 0.2) is 72.0 Å². The van der Waals surface area contributed by atoms with Gasteiger partial charge in [-0.3, -0.25) is 0 Å². The van der Waals surface area contributed by atoms with Gasteiger partial charge in [-0.05, 0) is 49.3 Å². The van der Waals surface area contributed by atoms with E-state index in [-0.39, 0.29) is 0 Å². The van der Waals surface area contributed by atoms with Crippen LogP contribution in [0.2, 0.25) is 0 Å². The normalized spacial score (nSPS) is 11.7. The van der Waals surface area contributed by atoms with Gasteiger partial charge in [0.25, 0.3) is 0 Å². The van der Waals surface area contributed by atoms with Crippen LogP contribution < -0.4 is 0 Å². The van der Waals surface area contributed by atoms with Gasteiger partial charge in [0.05, 0.1) is 0 Å². The van der Waals surface area contributed by atoms with Crippen molar-refractivity contribution in [3.8, 4) is 0 Å². The van der Waals surface area contributed by atoms with Crippen LogP contribution in [0.5, 0.6) is 0 Å². The molecule has 5 rings (SSSR count). The zero-order chi connectivity index (χ0) is 16.3. The lowest BCUT2D eigenvalue weighted by Crippen LogP contribution is -1.93. The van der Waals surface area contributed by atoms with Gasteiger partial charge in [0, 0.05) is 16.3 Å². The molecule has 0 radical (unpaired) electrons. The number of benzene rings is 5.